The highest BCUT2D eigenvalue weighted by molar-refractivity contribution is 5.38. The number of benzene rings is 1. The average Bonchev–Trinajstić information content (AvgIpc) is 2.43. The van der Waals surface area contributed by atoms with Crippen molar-refractivity contribution in [3.8, 4) is 18.1 Å². The van der Waals surface area contributed by atoms with Crippen molar-refractivity contribution in [3.63, 3.8) is 0 Å². The molecular weight excluding hydrogens is 238 g/mol. The number of ether oxygens (including phenoxy) is 1. The van der Waals surface area contributed by atoms with E-state index >= 15 is 0 Å². The van der Waals surface area contributed by atoms with E-state index in [1.165, 1.54) is 0 Å². The molecule has 0 heterocycles. The van der Waals surface area contributed by atoms with Crippen molar-refractivity contribution in [3.05, 3.63) is 29.3 Å². The van der Waals surface area contributed by atoms with Crippen molar-refractivity contribution in [2.75, 3.05) is 13.7 Å². The monoisotopic (exact) mass is 261 g/mol. The van der Waals surface area contributed by atoms with E-state index in [1.54, 1.807) is 7.11 Å². The van der Waals surface area contributed by atoms with Gasteiger partial charge in [-0.05, 0) is 25.5 Å². The number of nitrogens with one attached hydrogen (secondary N) is 1. The highest BCUT2D eigenvalue weighted by Crippen LogP contribution is 2.26. The Kier molecular flexibility index (Phi) is 6.41. The summed E-state index contributed by atoms with van der Waals surface area (Å²) in [6, 6.07) is 6.05. The summed E-state index contributed by atoms with van der Waals surface area (Å²) < 4.78 is 5.28. The quantitative estimate of drug-likeness (QED) is 0.741. The fraction of sp³-hybridized carbons (Fsp3) is 0.500. The van der Waals surface area contributed by atoms with Crippen LogP contribution in [-0.2, 0) is 0 Å². The van der Waals surface area contributed by atoms with Crippen molar-refractivity contribution in [2.24, 2.45) is 0 Å². The van der Waals surface area contributed by atoms with Crippen LogP contribution < -0.4 is 10.1 Å². The van der Waals surface area contributed by atoms with Crippen molar-refractivity contribution < 1.29 is 9.84 Å². The van der Waals surface area contributed by atoms with Gasteiger partial charge in [0.2, 0.25) is 0 Å². The van der Waals surface area contributed by atoms with Gasteiger partial charge in [0.05, 0.1) is 13.2 Å². The molecule has 2 atom stereocenters. The third-order valence-electron chi connectivity index (χ3n) is 3.20. The number of hydrogen-bond acceptors (Lipinski definition) is 3. The molecule has 3 nitrogen and oxygen atoms in total. The highest BCUT2D eigenvalue weighted by Gasteiger charge is 2.15. The fourth-order valence-electron chi connectivity index (χ4n) is 2.01. The van der Waals surface area contributed by atoms with Crippen molar-refractivity contribution in [1.29, 1.82) is 0 Å². The standard InChI is InChI=1S/C16H23NO2/c1-5-7-13(6-2)17-11-15(18)14-10-12(3)8-9-16(14)19-4/h1,8-10,13,15,17-18H,6-7,11H2,2-4H3. The van der Waals surface area contributed by atoms with Crippen LogP contribution in [0.1, 0.15) is 37.0 Å². The molecule has 0 saturated heterocycles. The second kappa shape index (κ2) is 7.83. The molecule has 0 fully saturated rings. The Labute approximate surface area is 116 Å². The summed E-state index contributed by atoms with van der Waals surface area (Å²) in [5, 5.41) is 13.6. The van der Waals surface area contributed by atoms with Gasteiger partial charge in [0, 0.05) is 24.6 Å². The van der Waals surface area contributed by atoms with Gasteiger partial charge in [-0.15, -0.1) is 12.3 Å². The molecule has 0 aliphatic rings. The topological polar surface area (TPSA) is 41.5 Å². The second-order valence-corrected chi connectivity index (χ2v) is 4.68. The minimum atomic E-state index is -0.596. The normalized spacial score (nSPS) is 13.6. The summed E-state index contributed by atoms with van der Waals surface area (Å²) >= 11 is 0. The molecule has 19 heavy (non-hydrogen) atoms. The summed E-state index contributed by atoms with van der Waals surface area (Å²) in [4.78, 5) is 0. The molecule has 1 rings (SSSR count). The summed E-state index contributed by atoms with van der Waals surface area (Å²) in [5.41, 5.74) is 1.91. The summed E-state index contributed by atoms with van der Waals surface area (Å²) in [6.07, 6.45) is 6.34. The smallest absolute Gasteiger partial charge is 0.124 e. The summed E-state index contributed by atoms with van der Waals surface area (Å²) in [6.45, 7) is 4.55. The third kappa shape index (κ3) is 4.59. The summed E-state index contributed by atoms with van der Waals surface area (Å²) in [7, 11) is 1.61. The van der Waals surface area contributed by atoms with Crippen LogP contribution in [0.3, 0.4) is 0 Å². The molecule has 1 aromatic rings. The minimum Gasteiger partial charge on any atom is -0.496 e. The van der Waals surface area contributed by atoms with Gasteiger partial charge in [-0.1, -0.05) is 18.6 Å². The molecule has 1 aromatic carbocycles. The highest BCUT2D eigenvalue weighted by atomic mass is 16.5. The van der Waals surface area contributed by atoms with Gasteiger partial charge in [0.1, 0.15) is 5.75 Å². The van der Waals surface area contributed by atoms with Crippen LogP contribution in [-0.4, -0.2) is 24.8 Å². The number of hydrogen-bond donors (Lipinski definition) is 2. The van der Waals surface area contributed by atoms with Crippen molar-refractivity contribution >= 4 is 0 Å². The Bertz CT molecular complexity index is 437. The van der Waals surface area contributed by atoms with Crippen LogP contribution in [0.25, 0.3) is 0 Å². The van der Waals surface area contributed by atoms with Crippen LogP contribution in [0.15, 0.2) is 18.2 Å². The Morgan fingerprint density at radius 2 is 2.21 bits per heavy atom. The van der Waals surface area contributed by atoms with Gasteiger partial charge in [0.25, 0.3) is 0 Å². The predicted octanol–water partition coefficient (Wildman–Crippen LogP) is 2.43. The molecule has 0 amide bonds. The molecule has 104 valence electrons. The third-order valence-corrected chi connectivity index (χ3v) is 3.20. The van der Waals surface area contributed by atoms with Gasteiger partial charge >= 0.3 is 0 Å². The first-order valence-electron chi connectivity index (χ1n) is 6.61. The molecule has 2 N–H and O–H groups in total. The molecule has 0 aliphatic heterocycles. The molecule has 0 radical (unpaired) electrons. The Hall–Kier alpha value is -1.50. The first-order chi connectivity index (χ1) is 9.12. The molecule has 0 aliphatic carbocycles. The number of terminal acetylenes is 1. The Morgan fingerprint density at radius 3 is 2.79 bits per heavy atom. The zero-order chi connectivity index (χ0) is 14.3. The van der Waals surface area contributed by atoms with Gasteiger partial charge in [0.15, 0.2) is 0 Å². The Balaban J connectivity index is 2.70. The summed E-state index contributed by atoms with van der Waals surface area (Å²) in [5.74, 6) is 3.36. The molecular formula is C16H23NO2. The number of aliphatic hydroxyl groups is 1. The van der Waals surface area contributed by atoms with E-state index in [1.807, 2.05) is 25.1 Å². The maximum Gasteiger partial charge on any atom is 0.124 e. The van der Waals surface area contributed by atoms with Crippen molar-refractivity contribution in [2.45, 2.75) is 38.8 Å². The van der Waals surface area contributed by atoms with Crippen LogP contribution in [0.4, 0.5) is 0 Å². The largest absolute Gasteiger partial charge is 0.496 e. The van der Waals surface area contributed by atoms with Crippen molar-refractivity contribution in [1.82, 2.24) is 5.32 Å². The van der Waals surface area contributed by atoms with Gasteiger partial charge in [-0.25, -0.2) is 0 Å². The van der Waals surface area contributed by atoms with E-state index in [0.29, 0.717) is 18.7 Å². The maximum atomic E-state index is 10.3. The lowest BCUT2D eigenvalue weighted by Gasteiger charge is -2.19. The predicted molar refractivity (Wildman–Crippen MR) is 78.2 cm³/mol. The van der Waals surface area contributed by atoms with E-state index in [2.05, 4.69) is 18.2 Å². The lowest BCUT2D eigenvalue weighted by molar-refractivity contribution is 0.165. The first kappa shape index (κ1) is 15.6. The fourth-order valence-corrected chi connectivity index (χ4v) is 2.01. The molecule has 0 saturated carbocycles. The molecule has 0 aromatic heterocycles. The second-order valence-electron chi connectivity index (χ2n) is 4.68. The van der Waals surface area contributed by atoms with E-state index in [0.717, 1.165) is 17.5 Å². The lowest BCUT2D eigenvalue weighted by Crippen LogP contribution is -2.32. The first-order valence-corrected chi connectivity index (χ1v) is 6.61. The van der Waals surface area contributed by atoms with Gasteiger partial charge in [-0.3, -0.25) is 0 Å². The van der Waals surface area contributed by atoms with E-state index in [9.17, 15) is 5.11 Å². The van der Waals surface area contributed by atoms with Crippen LogP contribution in [0, 0.1) is 19.3 Å². The SMILES string of the molecule is C#CCC(CC)NCC(O)c1cc(C)ccc1OC. The van der Waals surface area contributed by atoms with E-state index in [4.69, 9.17) is 11.2 Å². The zero-order valence-corrected chi connectivity index (χ0v) is 11.9. The number of aliphatic hydroxyl groups excluding tert-OH is 1. The van der Waals surface area contributed by atoms with E-state index in [-0.39, 0.29) is 6.04 Å². The molecule has 3 heteroatoms. The Morgan fingerprint density at radius 1 is 1.47 bits per heavy atom. The minimum absolute atomic E-state index is 0.246. The number of methoxy groups -OCH3 is 1. The van der Waals surface area contributed by atoms with Gasteiger partial charge in [-0.2, -0.15) is 0 Å². The number of rotatable bonds is 7. The molecule has 0 spiro atoms. The van der Waals surface area contributed by atoms with Crippen LogP contribution in [0.5, 0.6) is 5.75 Å². The van der Waals surface area contributed by atoms with Crippen LogP contribution in [0.2, 0.25) is 0 Å². The van der Waals surface area contributed by atoms with Crippen LogP contribution >= 0.6 is 0 Å². The van der Waals surface area contributed by atoms with E-state index < -0.39 is 6.10 Å². The molecule has 2 unspecified atom stereocenters. The maximum absolute atomic E-state index is 10.3. The van der Waals surface area contributed by atoms with Gasteiger partial charge < -0.3 is 15.2 Å². The number of aryl methyl sites for hydroxylation is 1. The lowest BCUT2D eigenvalue weighted by atomic mass is 10.0. The molecule has 0 bridgehead atoms. The average molecular weight is 261 g/mol. The zero-order valence-electron chi connectivity index (χ0n) is 11.9.